The molecule has 0 aromatic heterocycles. The number of carbonyl (C=O) groups is 1. The number of benzene rings is 2. The lowest BCUT2D eigenvalue weighted by atomic mass is 10.1. The molecule has 2 atom stereocenters. The molecule has 8 heteroatoms. The fourth-order valence-corrected chi connectivity index (χ4v) is 3.56. The van der Waals surface area contributed by atoms with Gasteiger partial charge in [-0.05, 0) is 36.4 Å². The Bertz CT molecular complexity index is 764. The van der Waals surface area contributed by atoms with Crippen molar-refractivity contribution in [3.8, 4) is 0 Å². The number of piperazine rings is 1. The molecular weight excluding hydrogens is 364 g/mol. The van der Waals surface area contributed by atoms with Gasteiger partial charge in [0.2, 0.25) is 5.91 Å². The first-order valence-electron chi connectivity index (χ1n) is 9.08. The van der Waals surface area contributed by atoms with E-state index < -0.39 is 6.04 Å². The van der Waals surface area contributed by atoms with E-state index in [1.54, 1.807) is 0 Å². The maximum Gasteiger partial charge on any atom is 0.244 e. The molecule has 2 aliphatic heterocycles. The molecular formula is C19H23ClN6O. The summed E-state index contributed by atoms with van der Waals surface area (Å²) < 4.78 is 0. The summed E-state index contributed by atoms with van der Waals surface area (Å²) in [5.74, 6) is 0.0756. The van der Waals surface area contributed by atoms with Crippen LogP contribution in [0.3, 0.4) is 0 Å². The standard InChI is InChI=1S/C19H23ClN6O/c20-14-6-8-15(9-7-14)21-18-17(22-24-23-18)19(27)26-12-10-25(11-13-26)16-4-2-1-3-5-16/h1-9,17-18,21-24H,10-13H2. The summed E-state index contributed by atoms with van der Waals surface area (Å²) >= 11 is 5.93. The number of nitrogens with one attached hydrogen (secondary N) is 4. The predicted octanol–water partition coefficient (Wildman–Crippen LogP) is 1.41. The molecule has 2 heterocycles. The highest BCUT2D eigenvalue weighted by atomic mass is 35.5. The van der Waals surface area contributed by atoms with Crippen molar-refractivity contribution >= 4 is 28.9 Å². The average Bonchev–Trinajstić information content (AvgIpc) is 3.18. The summed E-state index contributed by atoms with van der Waals surface area (Å²) in [5.41, 5.74) is 11.0. The molecule has 4 N–H and O–H groups in total. The second-order valence-electron chi connectivity index (χ2n) is 6.67. The molecule has 2 unspecified atom stereocenters. The first-order valence-corrected chi connectivity index (χ1v) is 9.45. The van der Waals surface area contributed by atoms with Gasteiger partial charge in [-0.15, -0.1) is 0 Å². The van der Waals surface area contributed by atoms with Crippen LogP contribution in [0.15, 0.2) is 54.6 Å². The maximum absolute atomic E-state index is 13.0. The van der Waals surface area contributed by atoms with Crippen LogP contribution in [-0.2, 0) is 4.79 Å². The number of para-hydroxylation sites is 1. The van der Waals surface area contributed by atoms with Gasteiger partial charge in [-0.25, -0.2) is 10.9 Å². The van der Waals surface area contributed by atoms with E-state index in [1.807, 2.05) is 47.4 Å². The fourth-order valence-electron chi connectivity index (χ4n) is 3.43. The fraction of sp³-hybridized carbons (Fsp3) is 0.316. The summed E-state index contributed by atoms with van der Waals surface area (Å²) in [6.45, 7) is 3.08. The average molecular weight is 387 g/mol. The zero-order valence-electron chi connectivity index (χ0n) is 14.9. The first kappa shape index (κ1) is 18.1. The normalized spacial score (nSPS) is 22.7. The second kappa shape index (κ2) is 8.14. The summed E-state index contributed by atoms with van der Waals surface area (Å²) in [4.78, 5) is 17.2. The van der Waals surface area contributed by atoms with Crippen molar-refractivity contribution in [2.75, 3.05) is 36.4 Å². The Hall–Kier alpha value is -2.32. The molecule has 1 amide bonds. The van der Waals surface area contributed by atoms with Gasteiger partial charge < -0.3 is 15.1 Å². The predicted molar refractivity (Wildman–Crippen MR) is 107 cm³/mol. The highest BCUT2D eigenvalue weighted by molar-refractivity contribution is 6.30. The molecule has 142 valence electrons. The van der Waals surface area contributed by atoms with Crippen LogP contribution in [0.25, 0.3) is 0 Å². The molecule has 2 aromatic carbocycles. The van der Waals surface area contributed by atoms with Gasteiger partial charge >= 0.3 is 0 Å². The zero-order valence-corrected chi connectivity index (χ0v) is 15.6. The number of rotatable bonds is 4. The first-order chi connectivity index (χ1) is 13.2. The van der Waals surface area contributed by atoms with Gasteiger partial charge in [-0.2, -0.15) is 5.53 Å². The van der Waals surface area contributed by atoms with Crippen LogP contribution in [0.2, 0.25) is 5.02 Å². The molecule has 0 spiro atoms. The van der Waals surface area contributed by atoms with Crippen molar-refractivity contribution in [2.24, 2.45) is 0 Å². The van der Waals surface area contributed by atoms with Gasteiger partial charge in [-0.3, -0.25) is 4.79 Å². The van der Waals surface area contributed by atoms with Gasteiger partial charge in [0.1, 0.15) is 12.2 Å². The third-order valence-electron chi connectivity index (χ3n) is 4.93. The van der Waals surface area contributed by atoms with Crippen LogP contribution >= 0.6 is 11.6 Å². The number of hydrogen-bond acceptors (Lipinski definition) is 6. The Morgan fingerprint density at radius 3 is 2.37 bits per heavy atom. The number of hydrogen-bond donors (Lipinski definition) is 4. The van der Waals surface area contributed by atoms with E-state index in [-0.39, 0.29) is 12.1 Å². The summed E-state index contributed by atoms with van der Waals surface area (Å²) in [7, 11) is 0. The molecule has 0 radical (unpaired) electrons. The van der Waals surface area contributed by atoms with E-state index in [0.29, 0.717) is 18.1 Å². The van der Waals surface area contributed by atoms with Crippen molar-refractivity contribution in [3.63, 3.8) is 0 Å². The molecule has 0 saturated carbocycles. The number of nitrogens with zero attached hydrogens (tertiary/aromatic N) is 2. The summed E-state index contributed by atoms with van der Waals surface area (Å²) in [6, 6.07) is 17.3. The lowest BCUT2D eigenvalue weighted by Crippen LogP contribution is -2.57. The molecule has 2 aromatic rings. The van der Waals surface area contributed by atoms with Crippen molar-refractivity contribution in [1.29, 1.82) is 0 Å². The number of carbonyl (C=O) groups excluding carboxylic acids is 1. The monoisotopic (exact) mass is 386 g/mol. The molecule has 27 heavy (non-hydrogen) atoms. The number of halogens is 1. The Kier molecular flexibility index (Phi) is 5.45. The van der Waals surface area contributed by atoms with Crippen LogP contribution in [0.4, 0.5) is 11.4 Å². The third-order valence-corrected chi connectivity index (χ3v) is 5.19. The second-order valence-corrected chi connectivity index (χ2v) is 7.10. The summed E-state index contributed by atoms with van der Waals surface area (Å²) in [5, 5.41) is 4.00. The van der Waals surface area contributed by atoms with E-state index in [9.17, 15) is 4.79 Å². The Labute approximate surface area is 163 Å². The topological polar surface area (TPSA) is 71.7 Å². The smallest absolute Gasteiger partial charge is 0.244 e. The molecule has 7 nitrogen and oxygen atoms in total. The Balaban J connectivity index is 1.35. The molecule has 2 fully saturated rings. The van der Waals surface area contributed by atoms with Gasteiger partial charge in [0.25, 0.3) is 0 Å². The Morgan fingerprint density at radius 2 is 1.67 bits per heavy atom. The van der Waals surface area contributed by atoms with Crippen LogP contribution in [-0.4, -0.2) is 49.2 Å². The molecule has 0 aliphatic carbocycles. The van der Waals surface area contributed by atoms with E-state index in [1.165, 1.54) is 5.69 Å². The zero-order chi connectivity index (χ0) is 18.6. The Morgan fingerprint density at radius 1 is 0.963 bits per heavy atom. The van der Waals surface area contributed by atoms with E-state index in [2.05, 4.69) is 38.7 Å². The number of anilines is 2. The summed E-state index contributed by atoms with van der Waals surface area (Å²) in [6.07, 6.45) is -0.258. The molecule has 0 bridgehead atoms. The minimum Gasteiger partial charge on any atom is -0.368 e. The number of amides is 1. The van der Waals surface area contributed by atoms with Crippen molar-refractivity contribution in [3.05, 3.63) is 59.6 Å². The highest BCUT2D eigenvalue weighted by Gasteiger charge is 2.36. The third kappa shape index (κ3) is 4.17. The highest BCUT2D eigenvalue weighted by Crippen LogP contribution is 2.18. The van der Waals surface area contributed by atoms with E-state index in [0.717, 1.165) is 18.8 Å². The lowest BCUT2D eigenvalue weighted by molar-refractivity contribution is -0.133. The van der Waals surface area contributed by atoms with Crippen LogP contribution in [0.5, 0.6) is 0 Å². The van der Waals surface area contributed by atoms with Gasteiger partial charge in [0.15, 0.2) is 0 Å². The minimum absolute atomic E-state index is 0.0756. The lowest BCUT2D eigenvalue weighted by Gasteiger charge is -2.37. The quantitative estimate of drug-likeness (QED) is 0.637. The van der Waals surface area contributed by atoms with Crippen molar-refractivity contribution < 1.29 is 4.79 Å². The molecule has 4 rings (SSSR count). The number of hydrazine groups is 2. The molecule has 2 aliphatic rings. The van der Waals surface area contributed by atoms with Crippen molar-refractivity contribution in [2.45, 2.75) is 12.2 Å². The van der Waals surface area contributed by atoms with E-state index >= 15 is 0 Å². The van der Waals surface area contributed by atoms with Gasteiger partial charge in [0, 0.05) is 42.6 Å². The SMILES string of the molecule is O=C(C1NNNC1Nc1ccc(Cl)cc1)N1CCN(c2ccccc2)CC1. The minimum atomic E-state index is -0.399. The van der Waals surface area contributed by atoms with Crippen LogP contribution < -0.4 is 26.6 Å². The van der Waals surface area contributed by atoms with Crippen LogP contribution in [0.1, 0.15) is 0 Å². The van der Waals surface area contributed by atoms with Gasteiger partial charge in [0.05, 0.1) is 0 Å². The van der Waals surface area contributed by atoms with Gasteiger partial charge in [-0.1, -0.05) is 29.8 Å². The van der Waals surface area contributed by atoms with Crippen LogP contribution in [0, 0.1) is 0 Å². The largest absolute Gasteiger partial charge is 0.368 e. The van der Waals surface area contributed by atoms with Crippen molar-refractivity contribution in [1.82, 2.24) is 21.3 Å². The molecule has 2 saturated heterocycles. The van der Waals surface area contributed by atoms with E-state index in [4.69, 9.17) is 11.6 Å². The maximum atomic E-state index is 13.0.